The van der Waals surface area contributed by atoms with Crippen LogP contribution in [0.3, 0.4) is 0 Å². The van der Waals surface area contributed by atoms with Gasteiger partial charge in [0.05, 0.1) is 29.8 Å². The van der Waals surface area contributed by atoms with Gasteiger partial charge in [-0.2, -0.15) is 4.98 Å². The highest BCUT2D eigenvalue weighted by molar-refractivity contribution is 7.99. The van der Waals surface area contributed by atoms with Crippen molar-refractivity contribution in [3.63, 3.8) is 0 Å². The van der Waals surface area contributed by atoms with Crippen LogP contribution in [0.4, 0.5) is 0 Å². The van der Waals surface area contributed by atoms with E-state index in [1.165, 1.54) is 11.8 Å². The zero-order chi connectivity index (χ0) is 21.1. The molecule has 0 spiro atoms. The van der Waals surface area contributed by atoms with Crippen molar-refractivity contribution in [1.29, 1.82) is 0 Å². The van der Waals surface area contributed by atoms with Crippen molar-refractivity contribution < 1.29 is 9.26 Å². The highest BCUT2D eigenvalue weighted by Crippen LogP contribution is 2.33. The number of hydrogen-bond donors (Lipinski definition) is 0. The fourth-order valence-corrected chi connectivity index (χ4v) is 4.01. The highest BCUT2D eigenvalue weighted by atomic mass is 32.2. The monoisotopic (exact) mass is 422 g/mol. The molecule has 0 bridgehead atoms. The first kappa shape index (κ1) is 20.2. The second-order valence-electron chi connectivity index (χ2n) is 6.81. The topological polar surface area (TPSA) is 83.0 Å². The van der Waals surface area contributed by atoms with Crippen LogP contribution in [0, 0.1) is 0 Å². The number of nitrogens with zero attached hydrogens (tertiary/aromatic N) is 4. The van der Waals surface area contributed by atoms with E-state index >= 15 is 0 Å². The molecule has 0 amide bonds. The van der Waals surface area contributed by atoms with Gasteiger partial charge in [-0.25, -0.2) is 4.98 Å². The Morgan fingerprint density at radius 2 is 1.90 bits per heavy atom. The largest absolute Gasteiger partial charge is 0.497 e. The number of aromatic nitrogens is 4. The summed E-state index contributed by atoms with van der Waals surface area (Å²) in [5.74, 6) is 1.96. The summed E-state index contributed by atoms with van der Waals surface area (Å²) in [5, 5.41) is 5.03. The predicted octanol–water partition coefficient (Wildman–Crippen LogP) is 4.25. The highest BCUT2D eigenvalue weighted by Gasteiger charge is 2.20. The number of hydrogen-bond acceptors (Lipinski definition) is 7. The first-order valence-electron chi connectivity index (χ1n) is 9.70. The Morgan fingerprint density at radius 1 is 1.13 bits per heavy atom. The van der Waals surface area contributed by atoms with Gasteiger partial charge in [0.15, 0.2) is 11.0 Å². The summed E-state index contributed by atoms with van der Waals surface area (Å²) in [6, 6.07) is 15.1. The molecule has 2 heterocycles. The fraction of sp³-hybridized carbons (Fsp3) is 0.273. The number of ether oxygens (including phenoxy) is 1. The van der Waals surface area contributed by atoms with Crippen molar-refractivity contribution in [1.82, 2.24) is 19.7 Å². The van der Waals surface area contributed by atoms with Crippen LogP contribution in [-0.2, 0) is 13.0 Å². The number of rotatable bonds is 7. The summed E-state index contributed by atoms with van der Waals surface area (Å²) in [4.78, 5) is 22.5. The van der Waals surface area contributed by atoms with Crippen LogP contribution in [-0.4, -0.2) is 26.8 Å². The molecule has 4 aromatic rings. The third-order valence-corrected chi connectivity index (χ3v) is 5.83. The summed E-state index contributed by atoms with van der Waals surface area (Å²) in [7, 11) is 1.63. The Bertz CT molecular complexity index is 1220. The summed E-state index contributed by atoms with van der Waals surface area (Å²) in [5.41, 5.74) is 1.57. The minimum Gasteiger partial charge on any atom is -0.497 e. The molecule has 0 aliphatic rings. The van der Waals surface area contributed by atoms with E-state index in [9.17, 15) is 4.79 Å². The van der Waals surface area contributed by atoms with Crippen molar-refractivity contribution in [2.75, 3.05) is 7.11 Å². The Labute approximate surface area is 178 Å². The summed E-state index contributed by atoms with van der Waals surface area (Å²) in [6.07, 6.45) is 0.706. The van der Waals surface area contributed by atoms with Crippen LogP contribution in [0.5, 0.6) is 5.75 Å². The van der Waals surface area contributed by atoms with Gasteiger partial charge >= 0.3 is 0 Å². The van der Waals surface area contributed by atoms with Gasteiger partial charge in [-0.1, -0.05) is 48.1 Å². The fourth-order valence-electron chi connectivity index (χ4n) is 3.08. The molecule has 0 saturated carbocycles. The maximum Gasteiger partial charge on any atom is 0.262 e. The van der Waals surface area contributed by atoms with E-state index in [0.717, 1.165) is 11.3 Å². The van der Waals surface area contributed by atoms with E-state index < -0.39 is 0 Å². The van der Waals surface area contributed by atoms with Crippen LogP contribution < -0.4 is 10.3 Å². The van der Waals surface area contributed by atoms with Crippen LogP contribution in [0.15, 0.2) is 63.0 Å². The zero-order valence-corrected chi connectivity index (χ0v) is 17.8. The SMILES string of the molecule is CCc1noc(C(C)Sc2nc3ccccc3c(=O)n2Cc2ccc(OC)cc2)n1. The maximum atomic E-state index is 13.3. The van der Waals surface area contributed by atoms with Crippen molar-refractivity contribution in [3.8, 4) is 5.75 Å². The third-order valence-electron chi connectivity index (χ3n) is 4.76. The standard InChI is InChI=1S/C22H22N4O3S/c1-4-19-24-20(29-25-19)14(2)30-22-23-18-8-6-5-7-17(18)21(27)26(22)13-15-9-11-16(28-3)12-10-15/h5-12,14H,4,13H2,1-3H3. The number of para-hydroxylation sites is 1. The van der Waals surface area contributed by atoms with Gasteiger partial charge in [0.25, 0.3) is 5.56 Å². The van der Waals surface area contributed by atoms with Crippen molar-refractivity contribution in [3.05, 3.63) is 76.2 Å². The van der Waals surface area contributed by atoms with Crippen LogP contribution in [0.2, 0.25) is 0 Å². The van der Waals surface area contributed by atoms with Gasteiger partial charge < -0.3 is 9.26 Å². The van der Waals surface area contributed by atoms with E-state index in [4.69, 9.17) is 14.2 Å². The molecule has 154 valence electrons. The molecule has 8 heteroatoms. The van der Waals surface area contributed by atoms with E-state index in [0.29, 0.717) is 40.7 Å². The van der Waals surface area contributed by atoms with Gasteiger partial charge in [-0.05, 0) is 36.8 Å². The molecule has 1 atom stereocenters. The summed E-state index contributed by atoms with van der Waals surface area (Å²) < 4.78 is 12.3. The molecule has 0 aliphatic carbocycles. The van der Waals surface area contributed by atoms with E-state index in [-0.39, 0.29) is 10.8 Å². The molecule has 0 N–H and O–H groups in total. The van der Waals surface area contributed by atoms with Gasteiger partial charge in [0, 0.05) is 6.42 Å². The lowest BCUT2D eigenvalue weighted by atomic mass is 10.2. The molecule has 2 aromatic heterocycles. The second kappa shape index (κ2) is 8.71. The lowest BCUT2D eigenvalue weighted by Gasteiger charge is -2.15. The molecule has 0 radical (unpaired) electrons. The predicted molar refractivity (Wildman–Crippen MR) is 116 cm³/mol. The smallest absolute Gasteiger partial charge is 0.262 e. The van der Waals surface area contributed by atoms with Crippen LogP contribution >= 0.6 is 11.8 Å². The quantitative estimate of drug-likeness (QED) is 0.325. The molecule has 1 unspecified atom stereocenters. The lowest BCUT2D eigenvalue weighted by Crippen LogP contribution is -2.24. The minimum atomic E-state index is -0.145. The maximum absolute atomic E-state index is 13.3. The number of aryl methyl sites for hydroxylation is 1. The van der Waals surface area contributed by atoms with Crippen LogP contribution in [0.1, 0.15) is 36.4 Å². The second-order valence-corrected chi connectivity index (χ2v) is 8.12. The lowest BCUT2D eigenvalue weighted by molar-refractivity contribution is 0.375. The minimum absolute atomic E-state index is 0.0779. The third kappa shape index (κ3) is 4.09. The molecule has 7 nitrogen and oxygen atoms in total. The average molecular weight is 423 g/mol. The summed E-state index contributed by atoms with van der Waals surface area (Å²) >= 11 is 1.43. The zero-order valence-electron chi connectivity index (χ0n) is 17.0. The average Bonchev–Trinajstić information content (AvgIpc) is 3.26. The Kier molecular flexibility index (Phi) is 5.85. The summed E-state index contributed by atoms with van der Waals surface area (Å²) in [6.45, 7) is 4.35. The Hall–Kier alpha value is -3.13. The van der Waals surface area contributed by atoms with Crippen molar-refractivity contribution >= 4 is 22.7 Å². The molecule has 30 heavy (non-hydrogen) atoms. The Morgan fingerprint density at radius 3 is 2.60 bits per heavy atom. The Balaban J connectivity index is 1.74. The molecule has 2 aromatic carbocycles. The molecule has 0 fully saturated rings. The molecular weight excluding hydrogens is 400 g/mol. The van der Waals surface area contributed by atoms with Gasteiger partial charge in [0.2, 0.25) is 5.89 Å². The van der Waals surface area contributed by atoms with Crippen molar-refractivity contribution in [2.45, 2.75) is 37.2 Å². The molecule has 0 saturated heterocycles. The van der Waals surface area contributed by atoms with Gasteiger partial charge in [-0.15, -0.1) is 0 Å². The van der Waals surface area contributed by atoms with E-state index in [1.807, 2.05) is 56.3 Å². The number of fused-ring (bicyclic) bond motifs is 1. The molecule has 0 aliphatic heterocycles. The van der Waals surface area contributed by atoms with Crippen LogP contribution in [0.25, 0.3) is 10.9 Å². The van der Waals surface area contributed by atoms with Gasteiger partial charge in [0.1, 0.15) is 5.75 Å². The van der Waals surface area contributed by atoms with Gasteiger partial charge in [-0.3, -0.25) is 9.36 Å². The molecular formula is C22H22N4O3S. The van der Waals surface area contributed by atoms with Crippen molar-refractivity contribution in [2.24, 2.45) is 0 Å². The first-order valence-corrected chi connectivity index (χ1v) is 10.6. The number of benzene rings is 2. The number of thioether (sulfide) groups is 1. The first-order chi connectivity index (χ1) is 14.6. The normalized spacial score (nSPS) is 12.2. The van der Waals surface area contributed by atoms with E-state index in [1.54, 1.807) is 17.7 Å². The number of methoxy groups -OCH3 is 1. The van der Waals surface area contributed by atoms with E-state index in [2.05, 4.69) is 10.1 Å². The molecule has 4 rings (SSSR count).